The van der Waals surface area contributed by atoms with Crippen LogP contribution in [0.2, 0.25) is 0 Å². The Morgan fingerprint density at radius 3 is 2.67 bits per heavy atom. The summed E-state index contributed by atoms with van der Waals surface area (Å²) >= 11 is 1.66. The maximum Gasteiger partial charge on any atom is 0.236 e. The Bertz CT molecular complexity index is 212. The molecule has 0 fully saturated rings. The molecular formula is C9H19N3O2S. The van der Waals surface area contributed by atoms with Crippen LogP contribution in [0.1, 0.15) is 19.3 Å². The summed E-state index contributed by atoms with van der Waals surface area (Å²) in [6.45, 7) is 0.453. The molecule has 5 nitrogen and oxygen atoms in total. The second-order valence-corrected chi connectivity index (χ2v) is 4.23. The van der Waals surface area contributed by atoms with Crippen molar-refractivity contribution in [2.45, 2.75) is 25.3 Å². The van der Waals surface area contributed by atoms with Crippen LogP contribution >= 0.6 is 11.8 Å². The standard InChI is InChI=1S/C9H19N3O2S/c1-15-6-4-7(10)9(14)12-5-2-3-8(11)13/h7H,2-6,10H2,1H3,(H2,11,13)(H,12,14)/t7-/m1/s1. The van der Waals surface area contributed by atoms with Gasteiger partial charge in [0, 0.05) is 13.0 Å². The van der Waals surface area contributed by atoms with Gasteiger partial charge in [-0.1, -0.05) is 0 Å². The lowest BCUT2D eigenvalue weighted by molar-refractivity contribution is -0.123. The molecule has 1 atom stereocenters. The topological polar surface area (TPSA) is 98.2 Å². The van der Waals surface area contributed by atoms with E-state index in [4.69, 9.17) is 11.5 Å². The number of primary amides is 1. The van der Waals surface area contributed by atoms with E-state index < -0.39 is 6.04 Å². The van der Waals surface area contributed by atoms with Crippen LogP contribution in [0.3, 0.4) is 0 Å². The molecule has 15 heavy (non-hydrogen) atoms. The number of amides is 2. The number of hydrogen-bond acceptors (Lipinski definition) is 4. The van der Waals surface area contributed by atoms with Gasteiger partial charge in [-0.15, -0.1) is 0 Å². The predicted octanol–water partition coefficient (Wildman–Crippen LogP) is -0.551. The minimum absolute atomic E-state index is 0.159. The first-order chi connectivity index (χ1) is 7.07. The Labute approximate surface area is 94.3 Å². The molecule has 0 rings (SSSR count). The highest BCUT2D eigenvalue weighted by Crippen LogP contribution is 1.98. The number of hydrogen-bond donors (Lipinski definition) is 3. The molecule has 0 radical (unpaired) electrons. The van der Waals surface area contributed by atoms with E-state index in [-0.39, 0.29) is 11.8 Å². The number of nitrogens with two attached hydrogens (primary N) is 2. The third kappa shape index (κ3) is 8.26. The molecule has 0 saturated carbocycles. The number of thioether (sulfide) groups is 1. The molecular weight excluding hydrogens is 214 g/mol. The van der Waals surface area contributed by atoms with Gasteiger partial charge in [0.1, 0.15) is 0 Å². The van der Waals surface area contributed by atoms with E-state index >= 15 is 0 Å². The maximum atomic E-state index is 11.3. The fraction of sp³-hybridized carbons (Fsp3) is 0.778. The second-order valence-electron chi connectivity index (χ2n) is 3.25. The van der Waals surface area contributed by atoms with Crippen molar-refractivity contribution in [3.05, 3.63) is 0 Å². The van der Waals surface area contributed by atoms with Gasteiger partial charge in [-0.3, -0.25) is 9.59 Å². The lowest BCUT2D eigenvalue weighted by atomic mass is 10.2. The zero-order chi connectivity index (χ0) is 11.7. The molecule has 5 N–H and O–H groups in total. The van der Waals surface area contributed by atoms with Crippen LogP contribution in [0.15, 0.2) is 0 Å². The first kappa shape index (κ1) is 14.2. The van der Waals surface area contributed by atoms with Crippen LogP contribution in [0.25, 0.3) is 0 Å². The number of carbonyl (C=O) groups is 2. The van der Waals surface area contributed by atoms with E-state index in [2.05, 4.69) is 5.32 Å². The van der Waals surface area contributed by atoms with Crippen molar-refractivity contribution in [3.63, 3.8) is 0 Å². The molecule has 0 aromatic carbocycles. The summed E-state index contributed by atoms with van der Waals surface area (Å²) in [5.74, 6) is 0.361. The minimum Gasteiger partial charge on any atom is -0.370 e. The number of nitrogens with one attached hydrogen (secondary N) is 1. The molecule has 0 aliphatic heterocycles. The van der Waals surface area contributed by atoms with Crippen molar-refractivity contribution < 1.29 is 9.59 Å². The first-order valence-electron chi connectivity index (χ1n) is 4.88. The molecule has 0 aromatic heterocycles. The van der Waals surface area contributed by atoms with Crippen molar-refractivity contribution in [1.29, 1.82) is 0 Å². The summed E-state index contributed by atoms with van der Waals surface area (Å²) in [5, 5.41) is 2.67. The van der Waals surface area contributed by atoms with Gasteiger partial charge in [0.15, 0.2) is 0 Å². The van der Waals surface area contributed by atoms with Gasteiger partial charge in [0.05, 0.1) is 6.04 Å². The smallest absolute Gasteiger partial charge is 0.236 e. The highest BCUT2D eigenvalue weighted by Gasteiger charge is 2.11. The number of rotatable bonds is 8. The Morgan fingerprint density at radius 1 is 1.47 bits per heavy atom. The fourth-order valence-corrected chi connectivity index (χ4v) is 1.47. The van der Waals surface area contributed by atoms with Crippen LogP contribution < -0.4 is 16.8 Å². The van der Waals surface area contributed by atoms with Gasteiger partial charge in [0.25, 0.3) is 0 Å². The highest BCUT2D eigenvalue weighted by molar-refractivity contribution is 7.98. The Morgan fingerprint density at radius 2 is 2.13 bits per heavy atom. The number of carbonyl (C=O) groups excluding carboxylic acids is 2. The van der Waals surface area contributed by atoms with E-state index in [9.17, 15) is 9.59 Å². The van der Waals surface area contributed by atoms with Gasteiger partial charge in [-0.05, 0) is 24.9 Å². The van der Waals surface area contributed by atoms with Gasteiger partial charge in [-0.2, -0.15) is 11.8 Å². The van der Waals surface area contributed by atoms with Crippen molar-refractivity contribution in [2.75, 3.05) is 18.6 Å². The molecule has 0 heterocycles. The molecule has 2 amide bonds. The van der Waals surface area contributed by atoms with E-state index in [1.165, 1.54) is 0 Å². The molecule has 0 aromatic rings. The van der Waals surface area contributed by atoms with Gasteiger partial charge in [-0.25, -0.2) is 0 Å². The summed E-state index contributed by atoms with van der Waals surface area (Å²) in [4.78, 5) is 21.7. The van der Waals surface area contributed by atoms with Gasteiger partial charge in [0.2, 0.25) is 11.8 Å². The maximum absolute atomic E-state index is 11.3. The molecule has 0 unspecified atom stereocenters. The minimum atomic E-state index is -0.453. The Kier molecular flexibility index (Phi) is 8.12. The van der Waals surface area contributed by atoms with Crippen molar-refractivity contribution in [2.24, 2.45) is 11.5 Å². The molecule has 0 bridgehead atoms. The summed E-state index contributed by atoms with van der Waals surface area (Å²) in [5.41, 5.74) is 10.6. The summed E-state index contributed by atoms with van der Waals surface area (Å²) in [6.07, 6.45) is 3.50. The van der Waals surface area contributed by atoms with E-state index in [0.29, 0.717) is 25.8 Å². The van der Waals surface area contributed by atoms with Gasteiger partial charge >= 0.3 is 0 Å². The largest absolute Gasteiger partial charge is 0.370 e. The van der Waals surface area contributed by atoms with Crippen molar-refractivity contribution in [3.8, 4) is 0 Å². The van der Waals surface area contributed by atoms with Gasteiger partial charge < -0.3 is 16.8 Å². The van der Waals surface area contributed by atoms with Crippen LogP contribution in [0, 0.1) is 0 Å². The third-order valence-electron chi connectivity index (χ3n) is 1.87. The molecule has 6 heteroatoms. The normalized spacial score (nSPS) is 12.1. The van der Waals surface area contributed by atoms with E-state index in [0.717, 1.165) is 5.75 Å². The fourth-order valence-electron chi connectivity index (χ4n) is 0.981. The van der Waals surface area contributed by atoms with E-state index in [1.807, 2.05) is 6.26 Å². The molecule has 0 saturated heterocycles. The quantitative estimate of drug-likeness (QED) is 0.490. The zero-order valence-corrected chi connectivity index (χ0v) is 9.81. The summed E-state index contributed by atoms with van der Waals surface area (Å²) < 4.78 is 0. The zero-order valence-electron chi connectivity index (χ0n) is 8.99. The van der Waals surface area contributed by atoms with Crippen molar-refractivity contribution in [1.82, 2.24) is 5.32 Å². The average Bonchev–Trinajstić information content (AvgIpc) is 2.20. The SMILES string of the molecule is CSCC[C@@H](N)C(=O)NCCCC(N)=O. The molecule has 88 valence electrons. The van der Waals surface area contributed by atoms with Crippen molar-refractivity contribution >= 4 is 23.6 Å². The second kappa shape index (κ2) is 8.55. The Balaban J connectivity index is 3.51. The molecule has 0 spiro atoms. The van der Waals surface area contributed by atoms with Crippen LogP contribution in [-0.2, 0) is 9.59 Å². The molecule has 0 aliphatic rings. The van der Waals surface area contributed by atoms with Crippen LogP contribution in [-0.4, -0.2) is 36.4 Å². The molecule has 0 aliphatic carbocycles. The lowest BCUT2D eigenvalue weighted by Crippen LogP contribution is -2.41. The predicted molar refractivity (Wildman–Crippen MR) is 62.4 cm³/mol. The average molecular weight is 233 g/mol. The van der Waals surface area contributed by atoms with E-state index in [1.54, 1.807) is 11.8 Å². The monoisotopic (exact) mass is 233 g/mol. The Hall–Kier alpha value is -0.750. The summed E-state index contributed by atoms with van der Waals surface area (Å²) in [6, 6.07) is -0.453. The van der Waals surface area contributed by atoms with Crippen LogP contribution in [0.5, 0.6) is 0 Å². The van der Waals surface area contributed by atoms with Crippen LogP contribution in [0.4, 0.5) is 0 Å². The first-order valence-corrected chi connectivity index (χ1v) is 6.28. The lowest BCUT2D eigenvalue weighted by Gasteiger charge is -2.10. The highest BCUT2D eigenvalue weighted by atomic mass is 32.2. The summed E-state index contributed by atoms with van der Waals surface area (Å²) in [7, 11) is 0. The third-order valence-corrected chi connectivity index (χ3v) is 2.51.